The molecule has 0 bridgehead atoms. The van der Waals surface area contributed by atoms with Crippen molar-refractivity contribution < 1.29 is 23.0 Å². The highest BCUT2D eigenvalue weighted by molar-refractivity contribution is 7.13. The SMILES string of the molecule is CCCC(C)=Nc1c(C)c(-c2nccs2)cc(C(C)O)c1OC(F)(F)F. The summed E-state index contributed by atoms with van der Waals surface area (Å²) in [6.07, 6.45) is -2.96. The van der Waals surface area contributed by atoms with Crippen molar-refractivity contribution in [3.8, 4) is 16.3 Å². The Labute approximate surface area is 154 Å². The zero-order chi connectivity index (χ0) is 19.5. The van der Waals surface area contributed by atoms with E-state index in [1.165, 1.54) is 24.3 Å². The molecule has 0 aliphatic rings. The van der Waals surface area contributed by atoms with Gasteiger partial charge in [-0.1, -0.05) is 13.3 Å². The maximum absolute atomic E-state index is 13.0. The van der Waals surface area contributed by atoms with E-state index in [-0.39, 0.29) is 11.3 Å². The molecule has 8 heteroatoms. The molecular weight excluding hydrogens is 365 g/mol. The molecule has 1 aromatic carbocycles. The van der Waals surface area contributed by atoms with E-state index in [2.05, 4.69) is 14.7 Å². The number of ether oxygens (including phenoxy) is 1. The molecule has 142 valence electrons. The van der Waals surface area contributed by atoms with E-state index in [0.29, 0.717) is 28.3 Å². The molecule has 2 rings (SSSR count). The van der Waals surface area contributed by atoms with E-state index in [1.807, 2.05) is 6.92 Å². The van der Waals surface area contributed by atoms with Crippen molar-refractivity contribution in [2.75, 3.05) is 0 Å². The van der Waals surface area contributed by atoms with Crippen LogP contribution in [-0.2, 0) is 0 Å². The Kier molecular flexibility index (Phi) is 6.41. The maximum Gasteiger partial charge on any atom is 0.573 e. The van der Waals surface area contributed by atoms with Gasteiger partial charge in [0.2, 0.25) is 0 Å². The lowest BCUT2D eigenvalue weighted by Gasteiger charge is -2.21. The summed E-state index contributed by atoms with van der Waals surface area (Å²) in [5, 5.41) is 12.5. The highest BCUT2D eigenvalue weighted by Crippen LogP contribution is 2.45. The second kappa shape index (κ2) is 8.18. The van der Waals surface area contributed by atoms with Gasteiger partial charge in [-0.05, 0) is 38.8 Å². The lowest BCUT2D eigenvalue weighted by Crippen LogP contribution is -2.19. The van der Waals surface area contributed by atoms with Crippen molar-refractivity contribution in [1.82, 2.24) is 4.98 Å². The number of aliphatic hydroxyl groups is 1. The molecule has 1 aromatic heterocycles. The van der Waals surface area contributed by atoms with Crippen molar-refractivity contribution >= 4 is 22.7 Å². The smallest absolute Gasteiger partial charge is 0.403 e. The molecule has 1 N–H and O–H groups in total. The lowest BCUT2D eigenvalue weighted by atomic mass is 9.98. The summed E-state index contributed by atoms with van der Waals surface area (Å²) in [6, 6.07) is 1.49. The van der Waals surface area contributed by atoms with Crippen LogP contribution >= 0.6 is 11.3 Å². The fraction of sp³-hybridized carbons (Fsp3) is 0.444. The third-order valence-electron chi connectivity index (χ3n) is 3.78. The standard InChI is InChI=1S/C18H21F3N2O2S/c1-5-6-10(2)23-15-11(3)13(17-22-7-8-26-17)9-14(12(4)24)16(15)25-18(19,20)21/h7-9,12,24H,5-6H2,1-4H3. The van der Waals surface area contributed by atoms with Gasteiger partial charge in [0, 0.05) is 28.4 Å². The normalized spacial score (nSPS) is 13.8. The fourth-order valence-corrected chi connectivity index (χ4v) is 3.33. The molecule has 26 heavy (non-hydrogen) atoms. The second-order valence-corrected chi connectivity index (χ2v) is 6.87. The van der Waals surface area contributed by atoms with Crippen molar-refractivity contribution in [2.24, 2.45) is 4.99 Å². The number of hydrogen-bond donors (Lipinski definition) is 1. The van der Waals surface area contributed by atoms with Crippen molar-refractivity contribution in [1.29, 1.82) is 0 Å². The zero-order valence-corrected chi connectivity index (χ0v) is 15.8. The predicted molar refractivity (Wildman–Crippen MR) is 97.3 cm³/mol. The Morgan fingerprint density at radius 3 is 2.62 bits per heavy atom. The molecule has 0 aliphatic heterocycles. The number of rotatable bonds is 6. The number of benzene rings is 1. The predicted octanol–water partition coefficient (Wildman–Crippen LogP) is 5.96. The second-order valence-electron chi connectivity index (χ2n) is 5.97. The summed E-state index contributed by atoms with van der Waals surface area (Å²) >= 11 is 1.36. The monoisotopic (exact) mass is 386 g/mol. The van der Waals surface area contributed by atoms with Gasteiger partial charge in [-0.2, -0.15) is 0 Å². The first-order chi connectivity index (χ1) is 12.1. The largest absolute Gasteiger partial charge is 0.573 e. The fourth-order valence-electron chi connectivity index (χ4n) is 2.62. The number of aliphatic hydroxyl groups excluding tert-OH is 1. The molecular formula is C18H21F3N2O2S. The van der Waals surface area contributed by atoms with Gasteiger partial charge in [0.25, 0.3) is 0 Å². The van der Waals surface area contributed by atoms with Crippen LogP contribution in [0.5, 0.6) is 5.75 Å². The average molecular weight is 386 g/mol. The topological polar surface area (TPSA) is 54.7 Å². The summed E-state index contributed by atoms with van der Waals surface area (Å²) in [5.74, 6) is -0.458. The molecule has 1 heterocycles. The van der Waals surface area contributed by atoms with Crippen LogP contribution in [0.15, 0.2) is 22.6 Å². The molecule has 0 saturated heterocycles. The Hall–Kier alpha value is -1.93. The van der Waals surface area contributed by atoms with E-state index in [4.69, 9.17) is 0 Å². The van der Waals surface area contributed by atoms with Gasteiger partial charge < -0.3 is 9.84 Å². The minimum Gasteiger partial charge on any atom is -0.403 e. The Balaban J connectivity index is 2.79. The van der Waals surface area contributed by atoms with Gasteiger partial charge in [0.15, 0.2) is 5.75 Å². The van der Waals surface area contributed by atoms with Gasteiger partial charge in [-0.3, -0.25) is 4.99 Å². The van der Waals surface area contributed by atoms with E-state index in [1.54, 1.807) is 25.4 Å². The van der Waals surface area contributed by atoms with Gasteiger partial charge >= 0.3 is 6.36 Å². The van der Waals surface area contributed by atoms with Crippen LogP contribution in [0.25, 0.3) is 10.6 Å². The molecule has 0 aliphatic carbocycles. The quantitative estimate of drug-likeness (QED) is 0.623. The molecule has 4 nitrogen and oxygen atoms in total. The number of aliphatic imine (C=N–C) groups is 1. The van der Waals surface area contributed by atoms with Gasteiger partial charge in [0.1, 0.15) is 10.7 Å². The molecule has 0 spiro atoms. The van der Waals surface area contributed by atoms with E-state index < -0.39 is 18.2 Å². The van der Waals surface area contributed by atoms with Crippen molar-refractivity contribution in [3.05, 3.63) is 28.8 Å². The Morgan fingerprint density at radius 2 is 2.12 bits per heavy atom. The summed E-state index contributed by atoms with van der Waals surface area (Å²) < 4.78 is 43.3. The molecule has 1 unspecified atom stereocenters. The third-order valence-corrected chi connectivity index (χ3v) is 4.59. The molecule has 0 saturated carbocycles. The molecule has 0 amide bonds. The Morgan fingerprint density at radius 1 is 1.42 bits per heavy atom. The summed E-state index contributed by atoms with van der Waals surface area (Å²) in [4.78, 5) is 8.64. The number of nitrogens with zero attached hydrogens (tertiary/aromatic N) is 2. The van der Waals surface area contributed by atoms with Gasteiger partial charge in [-0.15, -0.1) is 24.5 Å². The van der Waals surface area contributed by atoms with Crippen LogP contribution < -0.4 is 4.74 Å². The lowest BCUT2D eigenvalue weighted by molar-refractivity contribution is -0.274. The molecule has 1 atom stereocenters. The zero-order valence-electron chi connectivity index (χ0n) is 15.0. The third kappa shape index (κ3) is 4.82. The minimum absolute atomic E-state index is 0.0289. The maximum atomic E-state index is 13.0. The first-order valence-electron chi connectivity index (χ1n) is 8.19. The van der Waals surface area contributed by atoms with Crippen LogP contribution in [-0.4, -0.2) is 22.2 Å². The van der Waals surface area contributed by atoms with Crippen LogP contribution in [0.2, 0.25) is 0 Å². The summed E-state index contributed by atoms with van der Waals surface area (Å²) in [5.41, 5.74) is 1.96. The van der Waals surface area contributed by atoms with E-state index in [0.717, 1.165) is 6.42 Å². The number of thiazole rings is 1. The summed E-state index contributed by atoms with van der Waals surface area (Å²) in [6.45, 7) is 6.81. The summed E-state index contributed by atoms with van der Waals surface area (Å²) in [7, 11) is 0. The van der Waals surface area contributed by atoms with E-state index in [9.17, 15) is 18.3 Å². The molecule has 0 radical (unpaired) electrons. The molecule has 0 fully saturated rings. The average Bonchev–Trinajstić information content (AvgIpc) is 3.03. The van der Waals surface area contributed by atoms with Gasteiger partial charge in [0.05, 0.1) is 6.10 Å². The highest BCUT2D eigenvalue weighted by atomic mass is 32.1. The van der Waals surface area contributed by atoms with Crippen molar-refractivity contribution in [3.63, 3.8) is 0 Å². The highest BCUT2D eigenvalue weighted by Gasteiger charge is 2.35. The van der Waals surface area contributed by atoms with Gasteiger partial charge in [-0.25, -0.2) is 4.98 Å². The van der Waals surface area contributed by atoms with Crippen molar-refractivity contribution in [2.45, 2.75) is 53.0 Å². The van der Waals surface area contributed by atoms with Crippen LogP contribution in [0.1, 0.15) is 50.8 Å². The Bertz CT molecular complexity index is 785. The first-order valence-corrected chi connectivity index (χ1v) is 9.07. The number of hydrogen-bond acceptors (Lipinski definition) is 5. The van der Waals surface area contributed by atoms with Crippen LogP contribution in [0.3, 0.4) is 0 Å². The first kappa shape index (κ1) is 20.4. The number of aromatic nitrogens is 1. The van der Waals surface area contributed by atoms with Crippen LogP contribution in [0.4, 0.5) is 18.9 Å². The minimum atomic E-state index is -4.89. The number of halogens is 3. The molecule has 2 aromatic rings. The van der Waals surface area contributed by atoms with E-state index >= 15 is 0 Å². The van der Waals surface area contributed by atoms with Crippen LogP contribution in [0, 0.1) is 6.92 Å². The number of alkyl halides is 3.